The molecule has 160 valence electrons. The first-order chi connectivity index (χ1) is 15.2. The van der Waals surface area contributed by atoms with E-state index in [4.69, 9.17) is 4.74 Å². The van der Waals surface area contributed by atoms with Crippen LogP contribution in [0.1, 0.15) is 49.3 Å². The molecular formula is C24H28N6O. The summed E-state index contributed by atoms with van der Waals surface area (Å²) in [7, 11) is 1.82. The third-order valence-electron chi connectivity index (χ3n) is 6.32. The second-order valence-corrected chi connectivity index (χ2v) is 8.39. The van der Waals surface area contributed by atoms with Crippen molar-refractivity contribution in [3.8, 4) is 17.1 Å². The monoisotopic (exact) mass is 416 g/mol. The highest BCUT2D eigenvalue weighted by atomic mass is 16.5. The molecule has 3 N–H and O–H groups in total. The van der Waals surface area contributed by atoms with Crippen molar-refractivity contribution in [2.24, 2.45) is 4.99 Å². The van der Waals surface area contributed by atoms with Crippen molar-refractivity contribution in [2.75, 3.05) is 7.05 Å². The molecule has 0 saturated heterocycles. The van der Waals surface area contributed by atoms with Gasteiger partial charge >= 0.3 is 0 Å². The molecular weight excluding hydrogens is 388 g/mol. The standard InChI is InChI=1S/C24H28N6O/c1-25-23(26-15-17-7-6-8-18(13-17)22-27-16-28-30-22)29-20-14-24(11-4-5-12-24)31-21-10-3-2-9-19(20)21/h2-3,6-10,13,16,20H,4-5,11-12,14-15H2,1H3,(H2,25,26,29)(H,27,28,30). The number of H-pyrrole nitrogens is 1. The topological polar surface area (TPSA) is 87.2 Å². The summed E-state index contributed by atoms with van der Waals surface area (Å²) < 4.78 is 6.49. The van der Waals surface area contributed by atoms with Crippen molar-refractivity contribution in [3.63, 3.8) is 0 Å². The van der Waals surface area contributed by atoms with E-state index in [1.54, 1.807) is 0 Å². The second-order valence-electron chi connectivity index (χ2n) is 8.39. The Kier molecular flexibility index (Phi) is 5.32. The summed E-state index contributed by atoms with van der Waals surface area (Å²) in [5.74, 6) is 2.56. The van der Waals surface area contributed by atoms with Gasteiger partial charge < -0.3 is 15.4 Å². The fourth-order valence-corrected chi connectivity index (χ4v) is 4.79. The van der Waals surface area contributed by atoms with E-state index in [9.17, 15) is 0 Å². The Labute approximate surface area is 182 Å². The van der Waals surface area contributed by atoms with Gasteiger partial charge in [0.05, 0.1) is 6.04 Å². The number of aromatic amines is 1. The number of aliphatic imine (C=N–C) groups is 1. The van der Waals surface area contributed by atoms with Crippen LogP contribution in [-0.2, 0) is 6.54 Å². The van der Waals surface area contributed by atoms with Crippen molar-refractivity contribution in [2.45, 2.75) is 50.3 Å². The van der Waals surface area contributed by atoms with Crippen LogP contribution in [-0.4, -0.2) is 33.8 Å². The van der Waals surface area contributed by atoms with Crippen molar-refractivity contribution in [1.29, 1.82) is 0 Å². The molecule has 1 unspecified atom stereocenters. The van der Waals surface area contributed by atoms with E-state index in [1.165, 1.54) is 24.7 Å². The van der Waals surface area contributed by atoms with Crippen LogP contribution < -0.4 is 15.4 Å². The Morgan fingerprint density at radius 2 is 2.06 bits per heavy atom. The van der Waals surface area contributed by atoms with Gasteiger partial charge in [-0.3, -0.25) is 10.1 Å². The van der Waals surface area contributed by atoms with Crippen LogP contribution in [0.4, 0.5) is 0 Å². The fraction of sp³-hybridized carbons (Fsp3) is 0.375. The number of ether oxygens (including phenoxy) is 1. The van der Waals surface area contributed by atoms with E-state index in [0.29, 0.717) is 6.54 Å². The van der Waals surface area contributed by atoms with Gasteiger partial charge in [0.2, 0.25) is 0 Å². The minimum absolute atomic E-state index is 0.0454. The predicted octanol–water partition coefficient (Wildman–Crippen LogP) is 3.97. The maximum atomic E-state index is 6.49. The van der Waals surface area contributed by atoms with Gasteiger partial charge in [0.25, 0.3) is 0 Å². The number of aromatic nitrogens is 3. The lowest BCUT2D eigenvalue weighted by Crippen LogP contribution is -2.46. The number of rotatable bonds is 4. The van der Waals surface area contributed by atoms with Crippen molar-refractivity contribution < 1.29 is 4.74 Å². The fourth-order valence-electron chi connectivity index (χ4n) is 4.79. The number of guanidine groups is 1. The van der Waals surface area contributed by atoms with Gasteiger partial charge in [0.1, 0.15) is 17.7 Å². The first-order valence-electron chi connectivity index (χ1n) is 10.9. The van der Waals surface area contributed by atoms with E-state index in [1.807, 2.05) is 19.2 Å². The van der Waals surface area contributed by atoms with Crippen LogP contribution in [0.2, 0.25) is 0 Å². The predicted molar refractivity (Wildman–Crippen MR) is 121 cm³/mol. The molecule has 31 heavy (non-hydrogen) atoms. The molecule has 1 spiro atoms. The van der Waals surface area contributed by atoms with Crippen LogP contribution in [0, 0.1) is 0 Å². The van der Waals surface area contributed by atoms with Crippen LogP contribution in [0.25, 0.3) is 11.4 Å². The lowest BCUT2D eigenvalue weighted by atomic mass is 9.86. The van der Waals surface area contributed by atoms with Crippen molar-refractivity contribution in [1.82, 2.24) is 25.8 Å². The van der Waals surface area contributed by atoms with Gasteiger partial charge in [-0.05, 0) is 43.4 Å². The molecule has 1 aliphatic carbocycles. The summed E-state index contributed by atoms with van der Waals surface area (Å²) in [6.07, 6.45) is 7.22. The number of hydrogen-bond acceptors (Lipinski definition) is 4. The number of para-hydroxylation sites is 1. The zero-order valence-electron chi connectivity index (χ0n) is 17.8. The molecule has 1 saturated carbocycles. The van der Waals surface area contributed by atoms with Crippen molar-refractivity contribution >= 4 is 5.96 Å². The molecule has 1 atom stereocenters. The molecule has 3 aromatic rings. The van der Waals surface area contributed by atoms with Gasteiger partial charge in [-0.1, -0.05) is 36.4 Å². The minimum Gasteiger partial charge on any atom is -0.487 e. The Hall–Kier alpha value is -3.35. The van der Waals surface area contributed by atoms with Gasteiger partial charge in [-0.25, -0.2) is 4.98 Å². The number of nitrogens with zero attached hydrogens (tertiary/aromatic N) is 3. The summed E-state index contributed by atoms with van der Waals surface area (Å²) in [4.78, 5) is 8.72. The third-order valence-corrected chi connectivity index (χ3v) is 6.32. The SMILES string of the molecule is CN=C(NCc1cccc(-c2ncn[nH]2)c1)NC1CC2(CCCC2)Oc2ccccc21. The third kappa shape index (κ3) is 4.13. The minimum atomic E-state index is -0.0454. The zero-order chi connectivity index (χ0) is 21.1. The molecule has 2 aliphatic rings. The highest BCUT2D eigenvalue weighted by molar-refractivity contribution is 5.80. The number of benzene rings is 2. The van der Waals surface area contributed by atoms with Crippen molar-refractivity contribution in [3.05, 3.63) is 66.0 Å². The van der Waals surface area contributed by atoms with E-state index >= 15 is 0 Å². The molecule has 0 radical (unpaired) electrons. The number of fused-ring (bicyclic) bond motifs is 1. The summed E-state index contributed by atoms with van der Waals surface area (Å²) in [5.41, 5.74) is 3.32. The summed E-state index contributed by atoms with van der Waals surface area (Å²) >= 11 is 0. The Morgan fingerprint density at radius 3 is 2.87 bits per heavy atom. The van der Waals surface area contributed by atoms with E-state index in [0.717, 1.165) is 47.9 Å². The summed E-state index contributed by atoms with van der Waals surface area (Å²) in [6, 6.07) is 16.8. The summed E-state index contributed by atoms with van der Waals surface area (Å²) in [5, 5.41) is 14.0. The Bertz CT molecular complexity index is 1060. The molecule has 2 aromatic carbocycles. The molecule has 2 heterocycles. The highest BCUT2D eigenvalue weighted by Crippen LogP contribution is 2.46. The maximum Gasteiger partial charge on any atom is 0.191 e. The van der Waals surface area contributed by atoms with Gasteiger partial charge in [-0.2, -0.15) is 5.10 Å². The van der Waals surface area contributed by atoms with E-state index in [2.05, 4.69) is 67.2 Å². The van der Waals surface area contributed by atoms with Crippen LogP contribution in [0.5, 0.6) is 5.75 Å². The Morgan fingerprint density at radius 1 is 1.19 bits per heavy atom. The molecule has 1 fully saturated rings. The van der Waals surface area contributed by atoms with Gasteiger partial charge in [0, 0.05) is 31.1 Å². The second kappa shape index (κ2) is 8.41. The molecule has 1 aromatic heterocycles. The smallest absolute Gasteiger partial charge is 0.191 e. The lowest BCUT2D eigenvalue weighted by molar-refractivity contribution is 0.0396. The van der Waals surface area contributed by atoms with E-state index in [-0.39, 0.29) is 11.6 Å². The first kappa shape index (κ1) is 19.6. The van der Waals surface area contributed by atoms with Crippen LogP contribution in [0.3, 0.4) is 0 Å². The maximum absolute atomic E-state index is 6.49. The molecule has 0 amide bonds. The van der Waals surface area contributed by atoms with E-state index < -0.39 is 0 Å². The largest absolute Gasteiger partial charge is 0.487 e. The summed E-state index contributed by atoms with van der Waals surface area (Å²) in [6.45, 7) is 0.664. The number of hydrogen-bond donors (Lipinski definition) is 3. The van der Waals surface area contributed by atoms with Gasteiger partial charge in [0.15, 0.2) is 11.8 Å². The number of nitrogens with one attached hydrogen (secondary N) is 3. The average molecular weight is 417 g/mol. The van der Waals surface area contributed by atoms with Crippen LogP contribution in [0.15, 0.2) is 59.9 Å². The molecule has 7 heteroatoms. The molecule has 5 rings (SSSR count). The highest BCUT2D eigenvalue weighted by Gasteiger charge is 2.43. The average Bonchev–Trinajstić information content (AvgIpc) is 3.49. The normalized spacial score (nSPS) is 19.6. The zero-order valence-corrected chi connectivity index (χ0v) is 17.8. The van der Waals surface area contributed by atoms with Gasteiger partial charge in [-0.15, -0.1) is 0 Å². The molecule has 0 bridgehead atoms. The Balaban J connectivity index is 1.29. The quantitative estimate of drug-likeness (QED) is 0.442. The first-order valence-corrected chi connectivity index (χ1v) is 10.9. The van der Waals surface area contributed by atoms with Crippen LogP contribution >= 0.6 is 0 Å². The molecule has 1 aliphatic heterocycles. The molecule has 7 nitrogen and oxygen atoms in total. The lowest BCUT2D eigenvalue weighted by Gasteiger charge is -2.40.